The third-order valence-electron chi connectivity index (χ3n) is 1.85. The third kappa shape index (κ3) is 3.98. The van der Waals surface area contributed by atoms with Crippen LogP contribution >= 0.6 is 0 Å². The molecule has 11 heavy (non-hydrogen) atoms. The molecular weight excluding hydrogens is 152 g/mol. The third-order valence-corrected chi connectivity index (χ3v) is 2.80. The second kappa shape index (κ2) is 5.13. The highest BCUT2D eigenvalue weighted by atomic mass is 28.1. The summed E-state index contributed by atoms with van der Waals surface area (Å²) in [7, 11) is 5.15. The lowest BCUT2D eigenvalue weighted by molar-refractivity contribution is 0.490. The minimum absolute atomic E-state index is 1.09. The molecule has 2 nitrogen and oxygen atoms in total. The molecule has 64 valence electrons. The Morgan fingerprint density at radius 3 is 2.45 bits per heavy atom. The average molecular weight is 170 g/mol. The largest absolute Gasteiger partial charge is 0.382 e. The summed E-state index contributed by atoms with van der Waals surface area (Å²) in [5, 5.41) is 0. The van der Waals surface area contributed by atoms with Gasteiger partial charge in [0.1, 0.15) is 0 Å². The van der Waals surface area contributed by atoms with Crippen molar-refractivity contribution in [2.24, 2.45) is 4.99 Å². The van der Waals surface area contributed by atoms with Gasteiger partial charge in [-0.25, -0.2) is 0 Å². The van der Waals surface area contributed by atoms with Crippen molar-refractivity contribution in [1.29, 1.82) is 0 Å². The maximum atomic E-state index is 4.07. The predicted octanol–water partition coefficient (Wildman–Crippen LogP) is 0.236. The Morgan fingerprint density at radius 2 is 2.09 bits per heavy atom. The van der Waals surface area contributed by atoms with E-state index in [0.717, 1.165) is 5.71 Å². The van der Waals surface area contributed by atoms with Crippen molar-refractivity contribution in [3.05, 3.63) is 11.8 Å². The van der Waals surface area contributed by atoms with Gasteiger partial charge in [0.15, 0.2) is 0 Å². The van der Waals surface area contributed by atoms with Gasteiger partial charge in [0, 0.05) is 41.9 Å². The Kier molecular flexibility index (Phi) is 4.86. The van der Waals surface area contributed by atoms with Gasteiger partial charge in [-0.15, -0.1) is 0 Å². The highest BCUT2D eigenvalue weighted by Crippen LogP contribution is 1.98. The lowest BCUT2D eigenvalue weighted by Crippen LogP contribution is -2.17. The van der Waals surface area contributed by atoms with Gasteiger partial charge in [-0.1, -0.05) is 0 Å². The fourth-order valence-electron chi connectivity index (χ4n) is 0.726. The van der Waals surface area contributed by atoms with E-state index in [4.69, 9.17) is 0 Å². The van der Waals surface area contributed by atoms with E-state index in [1.165, 1.54) is 22.1 Å². The molecule has 0 N–H and O–H groups in total. The van der Waals surface area contributed by atoms with Crippen molar-refractivity contribution in [2.45, 2.75) is 13.8 Å². The summed E-state index contributed by atoms with van der Waals surface area (Å²) in [6.07, 6.45) is 3.29. The second-order valence-electron chi connectivity index (χ2n) is 2.66. The molecule has 0 radical (unpaired) electrons. The van der Waals surface area contributed by atoms with E-state index in [1.54, 1.807) is 0 Å². The Balaban J connectivity index is 4.21. The summed E-state index contributed by atoms with van der Waals surface area (Å²) < 4.78 is 0. The lowest BCUT2D eigenvalue weighted by atomic mass is 10.3. The molecule has 0 fully saturated rings. The van der Waals surface area contributed by atoms with Crippen LogP contribution < -0.4 is 0 Å². The highest BCUT2D eigenvalue weighted by Gasteiger charge is 1.94. The van der Waals surface area contributed by atoms with Crippen LogP contribution in [0.25, 0.3) is 0 Å². The first kappa shape index (κ1) is 10.4. The van der Waals surface area contributed by atoms with Gasteiger partial charge in [0.2, 0.25) is 0 Å². The molecule has 0 aromatic heterocycles. The van der Waals surface area contributed by atoms with E-state index in [1.807, 2.05) is 14.0 Å². The fourth-order valence-corrected chi connectivity index (χ4v) is 1.23. The van der Waals surface area contributed by atoms with E-state index in [2.05, 4.69) is 29.9 Å². The molecule has 0 bridgehead atoms. The van der Waals surface area contributed by atoms with Crippen LogP contribution in [0.2, 0.25) is 0 Å². The van der Waals surface area contributed by atoms with Crippen LogP contribution in [0, 0.1) is 0 Å². The van der Waals surface area contributed by atoms with Crippen molar-refractivity contribution >= 4 is 16.0 Å². The Bertz CT molecular complexity index is 173. The predicted molar refractivity (Wildman–Crippen MR) is 55.4 cm³/mol. The van der Waals surface area contributed by atoms with E-state index in [-0.39, 0.29) is 0 Å². The highest BCUT2D eigenvalue weighted by molar-refractivity contribution is 6.08. The molecule has 3 heteroatoms. The summed E-state index contributed by atoms with van der Waals surface area (Å²) >= 11 is 0. The number of nitrogens with zero attached hydrogens (tertiary/aromatic N) is 2. The van der Waals surface area contributed by atoms with Crippen LogP contribution in [-0.2, 0) is 0 Å². The molecule has 0 saturated heterocycles. The van der Waals surface area contributed by atoms with Crippen molar-refractivity contribution < 1.29 is 0 Å². The number of rotatable bonds is 3. The first-order valence-corrected chi connectivity index (χ1v) is 5.36. The van der Waals surface area contributed by atoms with E-state index in [9.17, 15) is 0 Å². The van der Waals surface area contributed by atoms with Crippen LogP contribution in [0.4, 0.5) is 0 Å². The van der Waals surface area contributed by atoms with Crippen LogP contribution in [0.15, 0.2) is 16.8 Å². The lowest BCUT2D eigenvalue weighted by Gasteiger charge is -2.16. The molecule has 0 aliphatic heterocycles. The summed E-state index contributed by atoms with van der Waals surface area (Å²) in [4.78, 5) is 6.32. The van der Waals surface area contributed by atoms with Crippen LogP contribution in [0.5, 0.6) is 0 Å². The number of allylic oxidation sites excluding steroid dienone is 2. The van der Waals surface area contributed by atoms with Gasteiger partial charge in [-0.05, 0) is 19.9 Å². The van der Waals surface area contributed by atoms with Crippen LogP contribution in [0.3, 0.4) is 0 Å². The van der Waals surface area contributed by atoms with Gasteiger partial charge < -0.3 is 4.90 Å². The molecule has 0 rings (SSSR count). The average Bonchev–Trinajstić information content (AvgIpc) is 2.02. The summed E-state index contributed by atoms with van der Waals surface area (Å²) in [5.41, 5.74) is 2.38. The van der Waals surface area contributed by atoms with Crippen molar-refractivity contribution in [3.8, 4) is 0 Å². The molecule has 0 aliphatic rings. The Labute approximate surface area is 72.4 Å². The smallest absolute Gasteiger partial charge is 0.0331 e. The summed E-state index contributed by atoms with van der Waals surface area (Å²) in [5.74, 6) is 0. The molecule has 0 amide bonds. The van der Waals surface area contributed by atoms with E-state index >= 15 is 0 Å². The number of hydrogen-bond donors (Lipinski definition) is 0. The van der Waals surface area contributed by atoms with E-state index in [0.29, 0.717) is 0 Å². The zero-order chi connectivity index (χ0) is 8.85. The minimum Gasteiger partial charge on any atom is -0.382 e. The SMILES string of the molecule is CN=C(C)/C=C(/C)N(C)C[SiH3]. The van der Waals surface area contributed by atoms with Crippen LogP contribution in [0.1, 0.15) is 13.8 Å². The van der Waals surface area contributed by atoms with Gasteiger partial charge in [-0.3, -0.25) is 4.99 Å². The second-order valence-corrected chi connectivity index (χ2v) is 3.30. The monoisotopic (exact) mass is 170 g/mol. The molecule has 0 aliphatic carbocycles. The minimum atomic E-state index is 1.09. The molecule has 0 saturated carbocycles. The molecule has 0 aromatic carbocycles. The Morgan fingerprint density at radius 1 is 1.55 bits per heavy atom. The summed E-state index contributed by atoms with van der Waals surface area (Å²) in [6.45, 7) is 4.14. The maximum absolute atomic E-state index is 4.07. The molecule has 0 aromatic rings. The van der Waals surface area contributed by atoms with Gasteiger partial charge >= 0.3 is 0 Å². The first-order chi connectivity index (χ1) is 5.11. The van der Waals surface area contributed by atoms with E-state index < -0.39 is 0 Å². The standard InChI is InChI=1S/C8H18N2Si/c1-7(9-3)5-8(2)10(4)6-11/h5H,6H2,1-4,11H3/b8-5-,9-7?. The van der Waals surface area contributed by atoms with Crippen molar-refractivity contribution in [3.63, 3.8) is 0 Å². The van der Waals surface area contributed by atoms with Gasteiger partial charge in [0.05, 0.1) is 0 Å². The summed E-state index contributed by atoms with van der Waals surface area (Å²) in [6, 6.07) is 0. The van der Waals surface area contributed by atoms with Gasteiger partial charge in [0.25, 0.3) is 0 Å². The quantitative estimate of drug-likeness (QED) is 0.437. The van der Waals surface area contributed by atoms with Crippen molar-refractivity contribution in [2.75, 3.05) is 20.3 Å². The van der Waals surface area contributed by atoms with Crippen LogP contribution in [-0.4, -0.2) is 41.1 Å². The topological polar surface area (TPSA) is 15.6 Å². The molecule has 0 unspecified atom stereocenters. The zero-order valence-electron chi connectivity index (χ0n) is 8.18. The zero-order valence-corrected chi connectivity index (χ0v) is 10.2. The molecule has 0 spiro atoms. The number of aliphatic imine (C=N–C) groups is 1. The number of hydrogen-bond acceptors (Lipinski definition) is 2. The van der Waals surface area contributed by atoms with Crippen molar-refractivity contribution in [1.82, 2.24) is 4.90 Å². The maximum Gasteiger partial charge on any atom is 0.0331 e. The Hall–Kier alpha value is -0.573. The fraction of sp³-hybridized carbons (Fsp3) is 0.625. The van der Waals surface area contributed by atoms with Gasteiger partial charge in [-0.2, -0.15) is 0 Å². The molecule has 0 heterocycles. The molecular formula is C8H18N2Si. The molecule has 0 atom stereocenters. The first-order valence-electron chi connectivity index (χ1n) is 3.94. The normalized spacial score (nSPS) is 13.8.